The first-order valence-electron chi connectivity index (χ1n) is 7.06. The first-order valence-corrected chi connectivity index (χ1v) is 7.06. The van der Waals surface area contributed by atoms with Crippen molar-refractivity contribution in [2.24, 2.45) is 16.8 Å². The highest BCUT2D eigenvalue weighted by Gasteiger charge is 2.45. The van der Waals surface area contributed by atoms with E-state index < -0.39 is 0 Å². The Morgan fingerprint density at radius 1 is 1.50 bits per heavy atom. The largest absolute Gasteiger partial charge is 0.409 e. The average Bonchev–Trinajstić information content (AvgIpc) is 2.94. The molecule has 3 N–H and O–H groups in total. The maximum atomic E-state index is 12.1. The lowest BCUT2D eigenvalue weighted by molar-refractivity contribution is -0.129. The highest BCUT2D eigenvalue weighted by Crippen LogP contribution is 2.47. The molecule has 1 heterocycles. The van der Waals surface area contributed by atoms with Crippen molar-refractivity contribution < 1.29 is 10.0 Å². The van der Waals surface area contributed by atoms with Crippen LogP contribution in [0.3, 0.4) is 0 Å². The number of nitrogens with zero attached hydrogens (tertiary/aromatic N) is 2. The molecule has 1 aliphatic carbocycles. The maximum Gasteiger partial charge on any atom is 0.223 e. The predicted octanol–water partition coefficient (Wildman–Crippen LogP) is 1.64. The molecule has 0 saturated carbocycles. The molecule has 20 heavy (non-hydrogen) atoms. The van der Waals surface area contributed by atoms with E-state index in [1.54, 1.807) is 0 Å². The Morgan fingerprint density at radius 2 is 2.30 bits per heavy atom. The van der Waals surface area contributed by atoms with Crippen LogP contribution in [0, 0.1) is 5.92 Å². The molecule has 2 aliphatic rings. The number of carbonyl (C=O) groups excluding carboxylic acids is 1. The van der Waals surface area contributed by atoms with Gasteiger partial charge in [-0.1, -0.05) is 30.3 Å². The Labute approximate surface area is 118 Å². The average molecular weight is 273 g/mol. The van der Waals surface area contributed by atoms with Gasteiger partial charge in [-0.3, -0.25) is 4.79 Å². The van der Waals surface area contributed by atoms with Crippen molar-refractivity contribution in [3.05, 3.63) is 34.9 Å². The van der Waals surface area contributed by atoms with Gasteiger partial charge in [0.1, 0.15) is 0 Å². The second kappa shape index (κ2) is 4.81. The Bertz CT molecular complexity index is 582. The summed E-state index contributed by atoms with van der Waals surface area (Å²) in [7, 11) is 0. The second-order valence-corrected chi connectivity index (χ2v) is 5.56. The van der Waals surface area contributed by atoms with Gasteiger partial charge in [0.25, 0.3) is 0 Å². The molecule has 0 radical (unpaired) electrons. The number of benzene rings is 1. The van der Waals surface area contributed by atoms with Crippen LogP contribution in [0.4, 0.5) is 0 Å². The van der Waals surface area contributed by atoms with Crippen molar-refractivity contribution in [1.82, 2.24) is 4.90 Å². The summed E-state index contributed by atoms with van der Waals surface area (Å²) in [6.45, 7) is 2.89. The third-order valence-electron chi connectivity index (χ3n) is 4.38. The van der Waals surface area contributed by atoms with E-state index in [0.29, 0.717) is 12.3 Å². The fourth-order valence-electron chi connectivity index (χ4n) is 3.64. The Balaban J connectivity index is 2.04. The molecule has 3 rings (SSSR count). The van der Waals surface area contributed by atoms with Gasteiger partial charge in [0.05, 0.1) is 6.04 Å². The summed E-state index contributed by atoms with van der Waals surface area (Å²) in [6, 6.07) is 6.03. The van der Waals surface area contributed by atoms with Crippen LogP contribution in [-0.2, 0) is 11.2 Å². The first kappa shape index (κ1) is 13.0. The van der Waals surface area contributed by atoms with Crippen LogP contribution in [0.15, 0.2) is 23.4 Å². The van der Waals surface area contributed by atoms with Crippen LogP contribution in [-0.4, -0.2) is 28.4 Å². The number of oxime groups is 1. The third kappa shape index (κ3) is 1.77. The SMILES string of the molecule is CCCN1C(=O)CC2Cc3c(/C(N)=N/O)cccc3C21. The van der Waals surface area contributed by atoms with Gasteiger partial charge in [0, 0.05) is 18.5 Å². The van der Waals surface area contributed by atoms with E-state index in [-0.39, 0.29) is 17.8 Å². The minimum atomic E-state index is 0.148. The Hall–Kier alpha value is -2.04. The number of fused-ring (bicyclic) bond motifs is 3. The number of nitrogens with two attached hydrogens (primary N) is 1. The van der Waals surface area contributed by atoms with Crippen LogP contribution in [0.5, 0.6) is 0 Å². The molecule has 1 fully saturated rings. The smallest absolute Gasteiger partial charge is 0.223 e. The van der Waals surface area contributed by atoms with Gasteiger partial charge >= 0.3 is 0 Å². The number of hydrogen-bond acceptors (Lipinski definition) is 3. The number of amides is 1. The number of hydrogen-bond donors (Lipinski definition) is 2. The maximum absolute atomic E-state index is 12.1. The summed E-state index contributed by atoms with van der Waals surface area (Å²) >= 11 is 0. The quantitative estimate of drug-likeness (QED) is 0.380. The molecule has 5 heteroatoms. The monoisotopic (exact) mass is 273 g/mol. The normalized spacial score (nSPS) is 24.9. The summed E-state index contributed by atoms with van der Waals surface area (Å²) in [5.74, 6) is 0.730. The van der Waals surface area contributed by atoms with Crippen molar-refractivity contribution in [2.45, 2.75) is 32.2 Å². The van der Waals surface area contributed by atoms with Crippen molar-refractivity contribution in [2.75, 3.05) is 6.54 Å². The minimum absolute atomic E-state index is 0.148. The predicted molar refractivity (Wildman–Crippen MR) is 75.5 cm³/mol. The molecule has 0 aromatic heterocycles. The fourth-order valence-corrected chi connectivity index (χ4v) is 3.64. The van der Waals surface area contributed by atoms with Crippen LogP contribution in [0.1, 0.15) is 42.5 Å². The molecule has 5 nitrogen and oxygen atoms in total. The molecule has 0 bridgehead atoms. The van der Waals surface area contributed by atoms with E-state index in [2.05, 4.69) is 18.1 Å². The van der Waals surface area contributed by atoms with E-state index in [1.807, 2.05) is 17.0 Å². The molecule has 0 spiro atoms. The molecule has 2 atom stereocenters. The molecule has 1 aromatic carbocycles. The van der Waals surface area contributed by atoms with Gasteiger partial charge in [0.2, 0.25) is 5.91 Å². The van der Waals surface area contributed by atoms with Gasteiger partial charge in [-0.05, 0) is 29.9 Å². The highest BCUT2D eigenvalue weighted by molar-refractivity contribution is 5.99. The third-order valence-corrected chi connectivity index (χ3v) is 4.38. The zero-order valence-electron chi connectivity index (χ0n) is 11.5. The van der Waals surface area contributed by atoms with Crippen molar-refractivity contribution >= 4 is 11.7 Å². The number of likely N-dealkylation sites (tertiary alicyclic amines) is 1. The minimum Gasteiger partial charge on any atom is -0.409 e. The second-order valence-electron chi connectivity index (χ2n) is 5.56. The van der Waals surface area contributed by atoms with Gasteiger partial charge in [-0.25, -0.2) is 0 Å². The first-order chi connectivity index (χ1) is 9.67. The summed E-state index contributed by atoms with van der Waals surface area (Å²) < 4.78 is 0. The zero-order valence-corrected chi connectivity index (χ0v) is 11.5. The van der Waals surface area contributed by atoms with Crippen LogP contribution >= 0.6 is 0 Å². The van der Waals surface area contributed by atoms with Gasteiger partial charge < -0.3 is 15.8 Å². The Morgan fingerprint density at radius 3 is 3.00 bits per heavy atom. The van der Waals surface area contributed by atoms with Crippen LogP contribution in [0.2, 0.25) is 0 Å². The number of rotatable bonds is 3. The van der Waals surface area contributed by atoms with Crippen molar-refractivity contribution in [1.29, 1.82) is 0 Å². The lowest BCUT2D eigenvalue weighted by Crippen LogP contribution is -2.28. The molecule has 106 valence electrons. The summed E-state index contributed by atoms with van der Waals surface area (Å²) in [5, 5.41) is 12.0. The van der Waals surface area contributed by atoms with Crippen molar-refractivity contribution in [3.8, 4) is 0 Å². The van der Waals surface area contributed by atoms with Crippen molar-refractivity contribution in [3.63, 3.8) is 0 Å². The molecular weight excluding hydrogens is 254 g/mol. The Kier molecular flexibility index (Phi) is 3.12. The molecule has 1 aromatic rings. The standard InChI is InChI=1S/C15H19N3O2/c1-2-6-18-13(19)8-9-7-12-10(14(9)18)4-3-5-11(12)15(16)17-20/h3-5,9,14,20H,2,6-8H2,1H3,(H2,16,17). The van der Waals surface area contributed by atoms with Crippen LogP contribution in [0.25, 0.3) is 0 Å². The molecular formula is C15H19N3O2. The lowest BCUT2D eigenvalue weighted by atomic mass is 10.0. The van der Waals surface area contributed by atoms with E-state index in [0.717, 1.165) is 30.5 Å². The van der Waals surface area contributed by atoms with E-state index in [9.17, 15) is 4.79 Å². The topological polar surface area (TPSA) is 78.9 Å². The summed E-state index contributed by atoms with van der Waals surface area (Å²) in [6.07, 6.45) is 2.40. The van der Waals surface area contributed by atoms with E-state index in [4.69, 9.17) is 10.9 Å². The van der Waals surface area contributed by atoms with Crippen LogP contribution < -0.4 is 5.73 Å². The highest BCUT2D eigenvalue weighted by atomic mass is 16.4. The number of carbonyl (C=O) groups is 1. The number of amidine groups is 1. The summed E-state index contributed by atoms with van der Waals surface area (Å²) in [4.78, 5) is 14.1. The van der Waals surface area contributed by atoms with E-state index in [1.165, 1.54) is 5.56 Å². The molecule has 1 aliphatic heterocycles. The fraction of sp³-hybridized carbons (Fsp3) is 0.467. The molecule has 2 unspecified atom stereocenters. The molecule has 1 amide bonds. The van der Waals surface area contributed by atoms with Gasteiger partial charge in [-0.2, -0.15) is 0 Å². The van der Waals surface area contributed by atoms with E-state index >= 15 is 0 Å². The molecule has 1 saturated heterocycles. The lowest BCUT2D eigenvalue weighted by Gasteiger charge is -2.24. The zero-order chi connectivity index (χ0) is 14.3. The van der Waals surface area contributed by atoms with Gasteiger partial charge in [0.15, 0.2) is 5.84 Å². The summed E-state index contributed by atoms with van der Waals surface area (Å²) in [5.41, 5.74) is 8.85. The van der Waals surface area contributed by atoms with Gasteiger partial charge in [-0.15, -0.1) is 0 Å².